The lowest BCUT2D eigenvalue weighted by Gasteiger charge is -2.43. The molecule has 0 spiro atoms. The number of aliphatic hydroxyl groups excluding tert-OH is 1. The topological polar surface area (TPSA) is 41.9 Å². The Morgan fingerprint density at radius 3 is 2.86 bits per heavy atom. The van der Waals surface area contributed by atoms with Gasteiger partial charge in [0, 0.05) is 11.5 Å². The maximum absolute atomic E-state index is 10.1. The number of nitrogens with zero attached hydrogens (tertiary/aromatic N) is 1. The van der Waals surface area contributed by atoms with Crippen molar-refractivity contribution in [2.45, 2.75) is 50.2 Å². The highest BCUT2D eigenvalue weighted by Crippen LogP contribution is 2.49. The van der Waals surface area contributed by atoms with Crippen molar-refractivity contribution >= 4 is 0 Å². The van der Waals surface area contributed by atoms with Crippen LogP contribution in [0, 0.1) is 0 Å². The number of rotatable bonds is 4. The molecule has 4 nitrogen and oxygen atoms in total. The van der Waals surface area contributed by atoms with Gasteiger partial charge in [0.2, 0.25) is 0 Å². The predicted octanol–water partition coefficient (Wildman–Crippen LogP) is 2.58. The standard InChI is InChI=1S/C18H27NO3/c1-4-22-16-11-13(5-6-15(16)21-3)18-8-7-14(20)12-17(18)19(2)10-9-18/h5-6,11,14,17,20H,4,7-10,12H2,1-3H3/t14-,17+,18+/m1/s1. The van der Waals surface area contributed by atoms with E-state index in [1.54, 1.807) is 7.11 Å². The van der Waals surface area contributed by atoms with Crippen LogP contribution in [0.15, 0.2) is 18.2 Å². The van der Waals surface area contributed by atoms with Crippen LogP contribution in [0.5, 0.6) is 11.5 Å². The zero-order valence-electron chi connectivity index (χ0n) is 13.8. The monoisotopic (exact) mass is 305 g/mol. The molecular formula is C18H27NO3. The number of methoxy groups -OCH3 is 1. The second-order valence-electron chi connectivity index (χ2n) is 6.63. The summed E-state index contributed by atoms with van der Waals surface area (Å²) in [5.74, 6) is 1.62. The highest BCUT2D eigenvalue weighted by molar-refractivity contribution is 5.46. The molecule has 0 aromatic heterocycles. The summed E-state index contributed by atoms with van der Waals surface area (Å²) in [5.41, 5.74) is 1.48. The van der Waals surface area contributed by atoms with Crippen LogP contribution < -0.4 is 9.47 Å². The van der Waals surface area contributed by atoms with Crippen molar-refractivity contribution in [2.75, 3.05) is 27.3 Å². The second kappa shape index (κ2) is 6.09. The van der Waals surface area contributed by atoms with Gasteiger partial charge >= 0.3 is 0 Å². The van der Waals surface area contributed by atoms with E-state index in [1.807, 2.05) is 13.0 Å². The minimum Gasteiger partial charge on any atom is -0.493 e. The second-order valence-corrected chi connectivity index (χ2v) is 6.63. The van der Waals surface area contributed by atoms with Crippen LogP contribution in [0.2, 0.25) is 0 Å². The Balaban J connectivity index is 1.99. The van der Waals surface area contributed by atoms with Gasteiger partial charge in [-0.2, -0.15) is 0 Å². The van der Waals surface area contributed by atoms with Crippen molar-refractivity contribution in [3.63, 3.8) is 0 Å². The number of fused-ring (bicyclic) bond motifs is 1. The average Bonchev–Trinajstić information content (AvgIpc) is 2.86. The average molecular weight is 305 g/mol. The van der Waals surface area contributed by atoms with Crippen LogP contribution in [0.3, 0.4) is 0 Å². The lowest BCUT2D eigenvalue weighted by atomic mass is 9.65. The Labute approximate surface area is 133 Å². The van der Waals surface area contributed by atoms with E-state index in [0.29, 0.717) is 12.6 Å². The van der Waals surface area contributed by atoms with Crippen LogP contribution in [0.4, 0.5) is 0 Å². The Bertz CT molecular complexity index is 533. The fraction of sp³-hybridized carbons (Fsp3) is 0.667. The van der Waals surface area contributed by atoms with Crippen molar-refractivity contribution in [1.29, 1.82) is 0 Å². The molecule has 22 heavy (non-hydrogen) atoms. The summed E-state index contributed by atoms with van der Waals surface area (Å²) in [5, 5.41) is 10.1. The molecule has 1 aromatic carbocycles. The van der Waals surface area contributed by atoms with Crippen LogP contribution in [-0.2, 0) is 5.41 Å². The molecule has 3 rings (SSSR count). The quantitative estimate of drug-likeness (QED) is 0.928. The molecule has 2 fully saturated rings. The Morgan fingerprint density at radius 2 is 2.14 bits per heavy atom. The van der Waals surface area contributed by atoms with Crippen molar-refractivity contribution in [1.82, 2.24) is 4.90 Å². The molecule has 1 N–H and O–H groups in total. The van der Waals surface area contributed by atoms with Crippen molar-refractivity contribution in [3.8, 4) is 11.5 Å². The van der Waals surface area contributed by atoms with Gasteiger partial charge in [-0.05, 0) is 63.9 Å². The summed E-state index contributed by atoms with van der Waals surface area (Å²) in [6.45, 7) is 3.72. The van der Waals surface area contributed by atoms with Gasteiger partial charge in [0.05, 0.1) is 19.8 Å². The van der Waals surface area contributed by atoms with E-state index in [2.05, 4.69) is 24.1 Å². The SMILES string of the molecule is CCOc1cc([C@@]23CC[C@@H](O)C[C@@H]2N(C)CC3)ccc1OC. The summed E-state index contributed by atoms with van der Waals surface area (Å²) in [7, 11) is 3.86. The van der Waals surface area contributed by atoms with Gasteiger partial charge in [0.15, 0.2) is 11.5 Å². The summed E-state index contributed by atoms with van der Waals surface area (Å²) in [4.78, 5) is 2.41. The first kappa shape index (κ1) is 15.6. The first-order valence-electron chi connectivity index (χ1n) is 8.30. The van der Waals surface area contributed by atoms with Gasteiger partial charge < -0.3 is 19.5 Å². The highest BCUT2D eigenvalue weighted by Gasteiger charge is 2.50. The van der Waals surface area contributed by atoms with Crippen LogP contribution in [0.25, 0.3) is 0 Å². The van der Waals surface area contributed by atoms with E-state index in [9.17, 15) is 5.11 Å². The van der Waals surface area contributed by atoms with Gasteiger partial charge in [-0.1, -0.05) is 6.07 Å². The maximum atomic E-state index is 10.1. The third-order valence-corrected chi connectivity index (χ3v) is 5.54. The molecule has 0 unspecified atom stereocenters. The van der Waals surface area contributed by atoms with Crippen LogP contribution in [0.1, 0.15) is 38.2 Å². The smallest absolute Gasteiger partial charge is 0.161 e. The van der Waals surface area contributed by atoms with E-state index in [-0.39, 0.29) is 11.5 Å². The Kier molecular flexibility index (Phi) is 4.33. The van der Waals surface area contributed by atoms with E-state index >= 15 is 0 Å². The fourth-order valence-corrected chi connectivity index (χ4v) is 4.35. The summed E-state index contributed by atoms with van der Waals surface area (Å²) >= 11 is 0. The largest absolute Gasteiger partial charge is 0.493 e. The normalized spacial score (nSPS) is 31.8. The van der Waals surface area contributed by atoms with E-state index in [1.165, 1.54) is 5.56 Å². The Morgan fingerprint density at radius 1 is 1.32 bits per heavy atom. The molecule has 1 aliphatic carbocycles. The lowest BCUT2D eigenvalue weighted by molar-refractivity contribution is 0.0566. The first-order valence-corrected chi connectivity index (χ1v) is 8.30. The molecule has 0 bridgehead atoms. The number of benzene rings is 1. The van der Waals surface area contributed by atoms with Crippen LogP contribution in [-0.4, -0.2) is 49.5 Å². The molecule has 1 saturated heterocycles. The summed E-state index contributed by atoms with van der Waals surface area (Å²) in [6, 6.07) is 6.78. The van der Waals surface area contributed by atoms with Gasteiger partial charge in [-0.15, -0.1) is 0 Å². The molecule has 1 aliphatic heterocycles. The number of ether oxygens (including phenoxy) is 2. The first-order chi connectivity index (χ1) is 10.6. The number of likely N-dealkylation sites (N-methyl/N-ethyl adjacent to an activating group) is 1. The van der Waals surface area contributed by atoms with Gasteiger partial charge in [-0.3, -0.25) is 0 Å². The number of hydrogen-bond donors (Lipinski definition) is 1. The molecule has 2 aliphatic rings. The van der Waals surface area contributed by atoms with E-state index in [0.717, 1.165) is 43.7 Å². The van der Waals surface area contributed by atoms with Gasteiger partial charge in [-0.25, -0.2) is 0 Å². The number of hydrogen-bond acceptors (Lipinski definition) is 4. The highest BCUT2D eigenvalue weighted by atomic mass is 16.5. The number of likely N-dealkylation sites (tertiary alicyclic amines) is 1. The molecule has 3 atom stereocenters. The fourth-order valence-electron chi connectivity index (χ4n) is 4.35. The van der Waals surface area contributed by atoms with Crippen molar-refractivity contribution in [2.24, 2.45) is 0 Å². The van der Waals surface area contributed by atoms with E-state index in [4.69, 9.17) is 9.47 Å². The molecular weight excluding hydrogens is 278 g/mol. The molecule has 4 heteroatoms. The minimum absolute atomic E-state index is 0.145. The molecule has 0 radical (unpaired) electrons. The molecule has 1 saturated carbocycles. The predicted molar refractivity (Wildman–Crippen MR) is 86.7 cm³/mol. The van der Waals surface area contributed by atoms with Crippen LogP contribution >= 0.6 is 0 Å². The van der Waals surface area contributed by atoms with Crippen molar-refractivity contribution in [3.05, 3.63) is 23.8 Å². The summed E-state index contributed by atoms with van der Waals surface area (Å²) in [6.07, 6.45) is 3.79. The molecule has 1 heterocycles. The molecule has 1 aromatic rings. The van der Waals surface area contributed by atoms with Crippen molar-refractivity contribution < 1.29 is 14.6 Å². The zero-order valence-corrected chi connectivity index (χ0v) is 13.8. The third kappa shape index (κ3) is 2.48. The Hall–Kier alpha value is -1.26. The minimum atomic E-state index is -0.164. The maximum Gasteiger partial charge on any atom is 0.161 e. The molecule has 0 amide bonds. The van der Waals surface area contributed by atoms with Gasteiger partial charge in [0.25, 0.3) is 0 Å². The van der Waals surface area contributed by atoms with E-state index < -0.39 is 0 Å². The lowest BCUT2D eigenvalue weighted by Crippen LogP contribution is -2.47. The third-order valence-electron chi connectivity index (χ3n) is 5.54. The zero-order chi connectivity index (χ0) is 15.7. The number of aliphatic hydroxyl groups is 1. The summed E-state index contributed by atoms with van der Waals surface area (Å²) < 4.78 is 11.2. The molecule has 122 valence electrons. The van der Waals surface area contributed by atoms with Gasteiger partial charge in [0.1, 0.15) is 0 Å².